The minimum Gasteiger partial charge on any atom is -0.456 e. The molecule has 4 heteroatoms. The molecule has 0 radical (unpaired) electrons. The molecule has 1 aliphatic heterocycles. The Morgan fingerprint density at radius 2 is 1.57 bits per heavy atom. The van der Waals surface area contributed by atoms with Gasteiger partial charge in [-0.25, -0.2) is 0 Å². The summed E-state index contributed by atoms with van der Waals surface area (Å²) in [5.74, 6) is 0.211. The average Bonchev–Trinajstić information content (AvgIpc) is 3.56. The van der Waals surface area contributed by atoms with E-state index in [4.69, 9.17) is 4.42 Å². The number of benzene rings is 4. The second-order valence-electron chi connectivity index (χ2n) is 10.3. The molecule has 2 aromatic heterocycles. The van der Waals surface area contributed by atoms with Gasteiger partial charge in [0.25, 0.3) is 0 Å². The number of hydrogen-bond donors (Lipinski definition) is 0. The van der Waals surface area contributed by atoms with Crippen molar-refractivity contribution in [3.05, 3.63) is 139 Å². The lowest BCUT2D eigenvalue weighted by Gasteiger charge is -2.32. The van der Waals surface area contributed by atoms with Gasteiger partial charge in [-0.05, 0) is 41.5 Å². The van der Waals surface area contributed by atoms with Gasteiger partial charge in [-0.2, -0.15) is 5.26 Å². The van der Waals surface area contributed by atoms with Crippen LogP contribution in [0.2, 0.25) is 0 Å². The third-order valence-electron chi connectivity index (χ3n) is 8.15. The largest absolute Gasteiger partial charge is 0.456 e. The fourth-order valence-electron chi connectivity index (χ4n) is 6.39. The van der Waals surface area contributed by atoms with Crippen molar-refractivity contribution in [2.45, 2.75) is 12.0 Å². The minimum absolute atomic E-state index is 0.0656. The van der Waals surface area contributed by atoms with Crippen LogP contribution in [0.3, 0.4) is 0 Å². The molecular weight excluding hydrogens is 490 g/mol. The number of anilines is 2. The highest BCUT2D eigenvalue weighted by atomic mass is 16.3. The van der Waals surface area contributed by atoms with Gasteiger partial charge < -0.3 is 9.32 Å². The van der Waals surface area contributed by atoms with Crippen molar-refractivity contribution in [2.75, 3.05) is 4.90 Å². The summed E-state index contributed by atoms with van der Waals surface area (Å²) in [6.45, 7) is 0. The van der Waals surface area contributed by atoms with Crippen molar-refractivity contribution >= 4 is 33.3 Å². The monoisotopic (exact) mass is 513 g/mol. The minimum atomic E-state index is 0.0656. The summed E-state index contributed by atoms with van der Waals surface area (Å²) < 4.78 is 6.13. The maximum Gasteiger partial charge on any atom is 0.135 e. The van der Waals surface area contributed by atoms with Crippen LogP contribution >= 0.6 is 0 Å². The first-order chi connectivity index (χ1) is 19.8. The van der Waals surface area contributed by atoms with Crippen molar-refractivity contribution in [1.29, 1.82) is 5.26 Å². The Bertz CT molecular complexity index is 2040. The highest BCUT2D eigenvalue weighted by molar-refractivity contribution is 6.07. The summed E-state index contributed by atoms with van der Waals surface area (Å²) in [7, 11) is 0. The molecule has 4 nitrogen and oxygen atoms in total. The number of pyridine rings is 1. The van der Waals surface area contributed by atoms with E-state index in [0.29, 0.717) is 5.56 Å². The smallest absolute Gasteiger partial charge is 0.135 e. The molecule has 3 heterocycles. The van der Waals surface area contributed by atoms with Crippen LogP contribution < -0.4 is 4.90 Å². The van der Waals surface area contributed by atoms with Crippen molar-refractivity contribution in [3.63, 3.8) is 0 Å². The van der Waals surface area contributed by atoms with Crippen molar-refractivity contribution in [2.24, 2.45) is 0 Å². The molecule has 0 fully saturated rings. The maximum absolute atomic E-state index is 10.8. The van der Waals surface area contributed by atoms with Crippen LogP contribution in [-0.2, 0) is 0 Å². The Labute approximate surface area is 231 Å². The van der Waals surface area contributed by atoms with Gasteiger partial charge in [0.2, 0.25) is 0 Å². The predicted molar refractivity (Wildman–Crippen MR) is 160 cm³/mol. The number of nitrogens with zero attached hydrogens (tertiary/aromatic N) is 3. The number of rotatable bonds is 3. The number of allylic oxidation sites excluding steroid dienone is 2. The molecule has 2 unspecified atom stereocenters. The summed E-state index contributed by atoms with van der Waals surface area (Å²) in [5, 5.41) is 12.9. The average molecular weight is 514 g/mol. The molecule has 0 N–H and O–H groups in total. The third-order valence-corrected chi connectivity index (χ3v) is 8.15. The zero-order chi connectivity index (χ0) is 26.6. The topological polar surface area (TPSA) is 53.1 Å². The molecule has 188 valence electrons. The number of hydrogen-bond acceptors (Lipinski definition) is 4. The molecule has 6 aromatic rings. The van der Waals surface area contributed by atoms with E-state index < -0.39 is 0 Å². The van der Waals surface area contributed by atoms with E-state index >= 15 is 0 Å². The number of para-hydroxylation sites is 2. The lowest BCUT2D eigenvalue weighted by molar-refractivity contribution is 0.669. The van der Waals surface area contributed by atoms with E-state index in [-0.39, 0.29) is 12.0 Å². The molecule has 4 aromatic carbocycles. The Balaban J connectivity index is 1.44. The Morgan fingerprint density at radius 3 is 2.48 bits per heavy atom. The normalized spacial score (nSPS) is 17.2. The summed E-state index contributed by atoms with van der Waals surface area (Å²) in [6, 6.07) is 33.8. The van der Waals surface area contributed by atoms with Gasteiger partial charge in [0.05, 0.1) is 17.3 Å². The zero-order valence-corrected chi connectivity index (χ0v) is 21.5. The second-order valence-corrected chi connectivity index (χ2v) is 10.3. The van der Waals surface area contributed by atoms with E-state index in [2.05, 4.69) is 94.9 Å². The van der Waals surface area contributed by atoms with E-state index in [9.17, 15) is 5.26 Å². The standard InChI is InChI=1S/C36H23N3O/c37-21-31-25(24-8-7-19-38-22-24)16-17-26(23-15-18-35-30(20-23)29-11-3-6-14-34(29)40-35)36(31)39-32-12-4-1-9-27(32)28-10-2-5-13-33(28)39/h1-20,22,27,32H. The van der Waals surface area contributed by atoms with E-state index in [1.54, 1.807) is 6.20 Å². The number of furan rings is 1. The first-order valence-electron chi connectivity index (χ1n) is 13.4. The molecule has 0 saturated carbocycles. The molecule has 8 rings (SSSR count). The maximum atomic E-state index is 10.8. The van der Waals surface area contributed by atoms with E-state index in [1.807, 2.05) is 42.6 Å². The molecule has 1 aliphatic carbocycles. The van der Waals surface area contributed by atoms with Crippen LogP contribution in [0, 0.1) is 11.3 Å². The third kappa shape index (κ3) is 3.28. The van der Waals surface area contributed by atoms with Gasteiger partial charge in [0, 0.05) is 51.5 Å². The zero-order valence-electron chi connectivity index (χ0n) is 21.5. The van der Waals surface area contributed by atoms with E-state index in [1.165, 1.54) is 5.56 Å². The summed E-state index contributed by atoms with van der Waals surface area (Å²) in [6.07, 6.45) is 12.3. The molecule has 2 atom stereocenters. The molecular formula is C36H23N3O. The quantitative estimate of drug-likeness (QED) is 0.237. The number of aromatic nitrogens is 1. The van der Waals surface area contributed by atoms with Gasteiger partial charge in [-0.3, -0.25) is 4.98 Å². The first-order valence-corrected chi connectivity index (χ1v) is 13.4. The highest BCUT2D eigenvalue weighted by Gasteiger charge is 2.39. The summed E-state index contributed by atoms with van der Waals surface area (Å²) >= 11 is 0. The van der Waals surface area contributed by atoms with Gasteiger partial charge >= 0.3 is 0 Å². The Morgan fingerprint density at radius 1 is 0.750 bits per heavy atom. The van der Waals surface area contributed by atoms with Crippen molar-refractivity contribution in [3.8, 4) is 28.3 Å². The van der Waals surface area contributed by atoms with Crippen LogP contribution in [0.5, 0.6) is 0 Å². The molecule has 0 spiro atoms. The summed E-state index contributed by atoms with van der Waals surface area (Å²) in [5.41, 5.74) is 9.52. The molecule has 2 aliphatic rings. The van der Waals surface area contributed by atoms with Gasteiger partial charge in [0.15, 0.2) is 0 Å². The predicted octanol–water partition coefficient (Wildman–Crippen LogP) is 8.92. The van der Waals surface area contributed by atoms with Gasteiger partial charge in [-0.15, -0.1) is 0 Å². The van der Waals surface area contributed by atoms with Crippen LogP contribution in [0.4, 0.5) is 11.4 Å². The van der Waals surface area contributed by atoms with Crippen LogP contribution in [0.25, 0.3) is 44.2 Å². The Hall–Kier alpha value is -5.40. The van der Waals surface area contributed by atoms with Crippen LogP contribution in [-0.4, -0.2) is 11.0 Å². The first kappa shape index (κ1) is 22.6. The van der Waals surface area contributed by atoms with Crippen LogP contribution in [0.1, 0.15) is 17.0 Å². The molecule has 0 bridgehead atoms. The number of nitriles is 1. The van der Waals surface area contributed by atoms with Crippen molar-refractivity contribution in [1.82, 2.24) is 4.98 Å². The van der Waals surface area contributed by atoms with Crippen molar-refractivity contribution < 1.29 is 4.42 Å². The lowest BCUT2D eigenvalue weighted by atomic mass is 9.89. The van der Waals surface area contributed by atoms with E-state index in [0.717, 1.165) is 55.6 Å². The highest BCUT2D eigenvalue weighted by Crippen LogP contribution is 2.52. The molecule has 0 saturated heterocycles. The fraction of sp³-hybridized carbons (Fsp3) is 0.0556. The van der Waals surface area contributed by atoms with Gasteiger partial charge in [-0.1, -0.05) is 85.0 Å². The number of fused-ring (bicyclic) bond motifs is 6. The lowest BCUT2D eigenvalue weighted by Crippen LogP contribution is -2.29. The Kier molecular flexibility index (Phi) is 4.98. The summed E-state index contributed by atoms with van der Waals surface area (Å²) in [4.78, 5) is 6.72. The van der Waals surface area contributed by atoms with Crippen LogP contribution in [0.15, 0.2) is 132 Å². The molecule has 40 heavy (non-hydrogen) atoms. The second kappa shape index (κ2) is 8.83. The fourth-order valence-corrected chi connectivity index (χ4v) is 6.39. The molecule has 0 amide bonds. The SMILES string of the molecule is N#Cc1c(-c2cccnc2)ccc(-c2ccc3oc4ccccc4c3c2)c1N1c2ccccc2C2C=CC=CC21. The van der Waals surface area contributed by atoms with Gasteiger partial charge in [0.1, 0.15) is 17.2 Å².